The van der Waals surface area contributed by atoms with Crippen molar-refractivity contribution in [3.63, 3.8) is 0 Å². The minimum Gasteiger partial charge on any atom is -0.378 e. The topological polar surface area (TPSA) is 9.23 Å². The predicted octanol–water partition coefficient (Wildman–Crippen LogP) is 3.08. The van der Waals surface area contributed by atoms with Gasteiger partial charge in [-0.15, -0.1) is 0 Å². The Labute approximate surface area is 79.7 Å². The van der Waals surface area contributed by atoms with E-state index < -0.39 is 6.17 Å². The highest BCUT2D eigenvalue weighted by Crippen LogP contribution is 2.32. The number of ether oxygens (including phenoxy) is 1. The lowest BCUT2D eigenvalue weighted by Crippen LogP contribution is -2.33. The highest BCUT2D eigenvalue weighted by Gasteiger charge is 2.29. The van der Waals surface area contributed by atoms with E-state index in [0.717, 1.165) is 0 Å². The van der Waals surface area contributed by atoms with Crippen molar-refractivity contribution >= 4 is 0 Å². The van der Waals surface area contributed by atoms with Crippen molar-refractivity contribution in [2.75, 3.05) is 6.61 Å². The van der Waals surface area contributed by atoms with Crippen LogP contribution in [-0.4, -0.2) is 18.9 Å². The second kappa shape index (κ2) is 4.41. The molecule has 0 aromatic carbocycles. The summed E-state index contributed by atoms with van der Waals surface area (Å²) in [5.41, 5.74) is 0. The van der Waals surface area contributed by atoms with Gasteiger partial charge in [-0.2, -0.15) is 0 Å². The number of alkyl halides is 1. The summed E-state index contributed by atoms with van der Waals surface area (Å²) in [6.45, 7) is 0.641. The number of rotatable bonds is 1. The molecule has 2 aliphatic rings. The zero-order chi connectivity index (χ0) is 9.10. The van der Waals surface area contributed by atoms with Crippen molar-refractivity contribution in [3.05, 3.63) is 0 Å². The minimum absolute atomic E-state index is 0.240. The number of halogens is 1. The standard InChI is InChI=1S/C11H19FO/c12-10-6-7-13-11(8-10)9-4-2-1-3-5-9/h9-11H,1-8H2/t10-,11?/m0/s1. The van der Waals surface area contributed by atoms with Crippen LogP contribution in [0.1, 0.15) is 44.9 Å². The summed E-state index contributed by atoms with van der Waals surface area (Å²) in [6.07, 6.45) is 7.44. The molecule has 76 valence electrons. The van der Waals surface area contributed by atoms with Crippen molar-refractivity contribution < 1.29 is 9.13 Å². The Morgan fingerprint density at radius 1 is 1.00 bits per heavy atom. The van der Waals surface area contributed by atoms with E-state index >= 15 is 0 Å². The van der Waals surface area contributed by atoms with Crippen LogP contribution in [-0.2, 0) is 4.74 Å². The molecule has 1 aliphatic heterocycles. The Balaban J connectivity index is 1.83. The molecule has 2 atom stereocenters. The average molecular weight is 186 g/mol. The van der Waals surface area contributed by atoms with Crippen LogP contribution in [0, 0.1) is 5.92 Å². The van der Waals surface area contributed by atoms with Gasteiger partial charge in [-0.1, -0.05) is 19.3 Å². The van der Waals surface area contributed by atoms with E-state index in [0.29, 0.717) is 25.4 Å². The van der Waals surface area contributed by atoms with E-state index in [1.807, 2.05) is 0 Å². The molecule has 0 spiro atoms. The highest BCUT2D eigenvalue weighted by molar-refractivity contribution is 4.79. The zero-order valence-corrected chi connectivity index (χ0v) is 8.18. The third kappa shape index (κ3) is 2.43. The summed E-state index contributed by atoms with van der Waals surface area (Å²) in [7, 11) is 0. The quantitative estimate of drug-likeness (QED) is 0.611. The fraction of sp³-hybridized carbons (Fsp3) is 1.00. The molecule has 2 rings (SSSR count). The van der Waals surface area contributed by atoms with Crippen LogP contribution in [0.4, 0.5) is 4.39 Å². The van der Waals surface area contributed by atoms with Crippen molar-refractivity contribution in [1.29, 1.82) is 0 Å². The summed E-state index contributed by atoms with van der Waals surface area (Å²) in [4.78, 5) is 0. The van der Waals surface area contributed by atoms with Gasteiger partial charge in [0, 0.05) is 19.4 Å². The van der Waals surface area contributed by atoms with Gasteiger partial charge in [-0.25, -0.2) is 4.39 Å². The largest absolute Gasteiger partial charge is 0.378 e. The SMILES string of the molecule is F[C@H]1CCOC(C2CCCCC2)C1. The molecule has 1 saturated carbocycles. The summed E-state index contributed by atoms with van der Waals surface area (Å²) in [5, 5.41) is 0. The van der Waals surface area contributed by atoms with Crippen LogP contribution >= 0.6 is 0 Å². The van der Waals surface area contributed by atoms with E-state index in [9.17, 15) is 4.39 Å². The molecule has 0 amide bonds. The monoisotopic (exact) mass is 186 g/mol. The van der Waals surface area contributed by atoms with Crippen LogP contribution in [0.3, 0.4) is 0 Å². The Morgan fingerprint density at radius 2 is 1.77 bits per heavy atom. The van der Waals surface area contributed by atoms with E-state index in [2.05, 4.69) is 0 Å². The molecule has 2 heteroatoms. The summed E-state index contributed by atoms with van der Waals surface area (Å²) >= 11 is 0. The second-order valence-electron chi connectivity index (χ2n) is 4.43. The van der Waals surface area contributed by atoms with Gasteiger partial charge in [-0.3, -0.25) is 0 Å². The van der Waals surface area contributed by atoms with Crippen molar-refractivity contribution in [2.24, 2.45) is 5.92 Å². The molecule has 0 radical (unpaired) electrons. The molecule has 0 aromatic heterocycles. The summed E-state index contributed by atoms with van der Waals surface area (Å²) in [5.74, 6) is 0.660. The average Bonchev–Trinajstić information content (AvgIpc) is 2.19. The fourth-order valence-electron chi connectivity index (χ4n) is 2.62. The lowest BCUT2D eigenvalue weighted by molar-refractivity contribution is -0.0564. The van der Waals surface area contributed by atoms with E-state index in [1.165, 1.54) is 32.1 Å². The molecule has 1 saturated heterocycles. The first-order valence-corrected chi connectivity index (χ1v) is 5.62. The predicted molar refractivity (Wildman–Crippen MR) is 50.4 cm³/mol. The van der Waals surface area contributed by atoms with Gasteiger partial charge in [0.1, 0.15) is 6.17 Å². The second-order valence-corrected chi connectivity index (χ2v) is 4.43. The zero-order valence-electron chi connectivity index (χ0n) is 8.18. The van der Waals surface area contributed by atoms with Crippen LogP contribution in [0.2, 0.25) is 0 Å². The lowest BCUT2D eigenvalue weighted by atomic mass is 9.82. The Bertz CT molecular complexity index is 154. The molecule has 13 heavy (non-hydrogen) atoms. The van der Waals surface area contributed by atoms with Crippen LogP contribution < -0.4 is 0 Å². The van der Waals surface area contributed by atoms with Crippen molar-refractivity contribution in [1.82, 2.24) is 0 Å². The molecule has 1 heterocycles. The molecule has 1 unspecified atom stereocenters. The maximum atomic E-state index is 13.1. The number of hydrogen-bond donors (Lipinski definition) is 0. The first-order chi connectivity index (χ1) is 6.36. The van der Waals surface area contributed by atoms with Gasteiger partial charge < -0.3 is 4.74 Å². The van der Waals surface area contributed by atoms with Gasteiger partial charge in [0.05, 0.1) is 6.10 Å². The third-order valence-corrected chi connectivity index (χ3v) is 3.43. The lowest BCUT2D eigenvalue weighted by Gasteiger charge is -2.34. The Kier molecular flexibility index (Phi) is 3.20. The van der Waals surface area contributed by atoms with Gasteiger partial charge >= 0.3 is 0 Å². The fourth-order valence-corrected chi connectivity index (χ4v) is 2.62. The summed E-state index contributed by atoms with van der Waals surface area (Å²) in [6, 6.07) is 0. The molecule has 0 bridgehead atoms. The molecule has 1 aliphatic carbocycles. The first kappa shape index (κ1) is 9.45. The van der Waals surface area contributed by atoms with Gasteiger partial charge in [0.15, 0.2) is 0 Å². The van der Waals surface area contributed by atoms with Gasteiger partial charge in [0.2, 0.25) is 0 Å². The van der Waals surface area contributed by atoms with Crippen LogP contribution in [0.25, 0.3) is 0 Å². The smallest absolute Gasteiger partial charge is 0.105 e. The van der Waals surface area contributed by atoms with Crippen molar-refractivity contribution in [2.45, 2.75) is 57.2 Å². The molecule has 0 aromatic rings. The van der Waals surface area contributed by atoms with E-state index in [1.54, 1.807) is 0 Å². The molecular formula is C11H19FO. The maximum Gasteiger partial charge on any atom is 0.105 e. The van der Waals surface area contributed by atoms with Crippen LogP contribution in [0.5, 0.6) is 0 Å². The highest BCUT2D eigenvalue weighted by atomic mass is 19.1. The molecule has 2 fully saturated rings. The first-order valence-electron chi connectivity index (χ1n) is 5.62. The summed E-state index contributed by atoms with van der Waals surface area (Å²) < 4.78 is 18.8. The molecular weight excluding hydrogens is 167 g/mol. The normalized spacial score (nSPS) is 37.6. The number of hydrogen-bond acceptors (Lipinski definition) is 1. The van der Waals surface area contributed by atoms with Gasteiger partial charge in [-0.05, 0) is 18.8 Å². The Hall–Kier alpha value is -0.110. The van der Waals surface area contributed by atoms with Crippen LogP contribution in [0.15, 0.2) is 0 Å². The van der Waals surface area contributed by atoms with E-state index in [4.69, 9.17) is 4.74 Å². The minimum atomic E-state index is -0.597. The van der Waals surface area contributed by atoms with Crippen molar-refractivity contribution in [3.8, 4) is 0 Å². The molecule has 1 nitrogen and oxygen atoms in total. The van der Waals surface area contributed by atoms with Gasteiger partial charge in [0.25, 0.3) is 0 Å². The Morgan fingerprint density at radius 3 is 2.46 bits per heavy atom. The van der Waals surface area contributed by atoms with E-state index in [-0.39, 0.29) is 6.10 Å². The maximum absolute atomic E-state index is 13.1. The molecule has 0 N–H and O–H groups in total. The third-order valence-electron chi connectivity index (χ3n) is 3.43.